The number of carbonyl (C=O) groups is 2. The maximum absolute atomic E-state index is 11.7. The minimum atomic E-state index is -1.00. The number of carboxylic acid groups (broad SMARTS) is 1. The molecule has 1 aromatic rings. The van der Waals surface area contributed by atoms with Crippen LogP contribution in [0, 0.1) is 5.92 Å². The van der Waals surface area contributed by atoms with Gasteiger partial charge in [0, 0.05) is 5.02 Å². The maximum Gasteiger partial charge on any atom is 0.306 e. The third kappa shape index (κ3) is 7.14. The SMILES string of the molecule is CC(C)CCC(OC(=O)CCC(=O)O)c1ccc(Cl)cc1. The second-order valence-electron chi connectivity index (χ2n) is 5.39. The number of ether oxygens (including phenoxy) is 1. The first-order valence-electron chi connectivity index (χ1n) is 7.05. The summed E-state index contributed by atoms with van der Waals surface area (Å²) >= 11 is 5.86. The van der Waals surface area contributed by atoms with E-state index in [4.69, 9.17) is 21.4 Å². The highest BCUT2D eigenvalue weighted by Gasteiger charge is 2.18. The number of hydrogen-bond donors (Lipinski definition) is 1. The molecule has 0 aromatic heterocycles. The zero-order valence-corrected chi connectivity index (χ0v) is 13.1. The molecule has 0 heterocycles. The van der Waals surface area contributed by atoms with Gasteiger partial charge in [0.25, 0.3) is 0 Å². The molecule has 0 amide bonds. The van der Waals surface area contributed by atoms with Crippen LogP contribution in [0.15, 0.2) is 24.3 Å². The summed E-state index contributed by atoms with van der Waals surface area (Å²) < 4.78 is 5.43. The van der Waals surface area contributed by atoms with E-state index in [0.717, 1.165) is 12.0 Å². The van der Waals surface area contributed by atoms with Gasteiger partial charge in [-0.15, -0.1) is 0 Å². The number of rotatable bonds is 8. The molecule has 1 atom stereocenters. The standard InChI is InChI=1S/C16H21ClO4/c1-11(2)3-8-14(12-4-6-13(17)7-5-12)21-16(20)10-9-15(18)19/h4-7,11,14H,3,8-10H2,1-2H3,(H,18,19). The van der Waals surface area contributed by atoms with Crippen LogP contribution in [0.5, 0.6) is 0 Å². The van der Waals surface area contributed by atoms with Crippen LogP contribution in [0.3, 0.4) is 0 Å². The Morgan fingerprint density at radius 3 is 2.29 bits per heavy atom. The summed E-state index contributed by atoms with van der Waals surface area (Å²) in [6, 6.07) is 7.17. The van der Waals surface area contributed by atoms with Crippen LogP contribution in [-0.2, 0) is 14.3 Å². The molecule has 0 spiro atoms. The predicted octanol–water partition coefficient (Wildman–Crippen LogP) is 4.23. The fraction of sp³-hybridized carbons (Fsp3) is 0.500. The molecule has 0 saturated carbocycles. The number of carboxylic acids is 1. The summed E-state index contributed by atoms with van der Waals surface area (Å²) in [5.41, 5.74) is 0.878. The smallest absolute Gasteiger partial charge is 0.306 e. The Labute approximate surface area is 130 Å². The van der Waals surface area contributed by atoms with E-state index in [9.17, 15) is 9.59 Å². The molecule has 0 aliphatic heterocycles. The molecule has 0 radical (unpaired) electrons. The molecule has 1 aromatic carbocycles. The van der Waals surface area contributed by atoms with Crippen LogP contribution < -0.4 is 0 Å². The van der Waals surface area contributed by atoms with Crippen molar-refractivity contribution in [2.45, 2.75) is 45.6 Å². The molecule has 1 rings (SSSR count). The second kappa shape index (κ2) is 8.67. The number of carbonyl (C=O) groups excluding carboxylic acids is 1. The molecular weight excluding hydrogens is 292 g/mol. The van der Waals surface area contributed by atoms with Gasteiger partial charge < -0.3 is 9.84 Å². The Balaban J connectivity index is 2.70. The van der Waals surface area contributed by atoms with Crippen molar-refractivity contribution in [1.29, 1.82) is 0 Å². The van der Waals surface area contributed by atoms with Crippen LogP contribution in [-0.4, -0.2) is 17.0 Å². The van der Waals surface area contributed by atoms with Gasteiger partial charge >= 0.3 is 11.9 Å². The molecule has 0 fully saturated rings. The van der Waals surface area contributed by atoms with Crippen LogP contribution in [0.4, 0.5) is 0 Å². The fourth-order valence-corrected chi connectivity index (χ4v) is 2.01. The number of benzene rings is 1. The Hall–Kier alpha value is -1.55. The van der Waals surface area contributed by atoms with Crippen LogP contribution in [0.2, 0.25) is 5.02 Å². The van der Waals surface area contributed by atoms with E-state index in [1.165, 1.54) is 0 Å². The Morgan fingerprint density at radius 1 is 1.14 bits per heavy atom. The Bertz CT molecular complexity index is 468. The minimum Gasteiger partial charge on any atom is -0.481 e. The summed E-state index contributed by atoms with van der Waals surface area (Å²) in [7, 11) is 0. The lowest BCUT2D eigenvalue weighted by Crippen LogP contribution is -2.13. The molecular formula is C16H21ClO4. The van der Waals surface area contributed by atoms with Gasteiger partial charge in [-0.25, -0.2) is 0 Å². The zero-order chi connectivity index (χ0) is 15.8. The number of esters is 1. The summed E-state index contributed by atoms with van der Waals surface area (Å²) in [6.45, 7) is 4.20. The average molecular weight is 313 g/mol. The monoisotopic (exact) mass is 312 g/mol. The third-order valence-electron chi connectivity index (χ3n) is 3.06. The number of hydrogen-bond acceptors (Lipinski definition) is 3. The van der Waals surface area contributed by atoms with Gasteiger partial charge in [-0.2, -0.15) is 0 Å². The van der Waals surface area contributed by atoms with E-state index >= 15 is 0 Å². The first-order valence-corrected chi connectivity index (χ1v) is 7.43. The number of aliphatic carboxylic acids is 1. The largest absolute Gasteiger partial charge is 0.481 e. The molecule has 5 heteroatoms. The second-order valence-corrected chi connectivity index (χ2v) is 5.83. The topological polar surface area (TPSA) is 63.6 Å². The van der Waals surface area contributed by atoms with Gasteiger partial charge in [0.15, 0.2) is 0 Å². The summed E-state index contributed by atoms with van der Waals surface area (Å²) in [4.78, 5) is 22.2. The van der Waals surface area contributed by atoms with Gasteiger partial charge in [0.05, 0.1) is 12.8 Å². The van der Waals surface area contributed by atoms with Crippen molar-refractivity contribution < 1.29 is 19.4 Å². The highest BCUT2D eigenvalue weighted by molar-refractivity contribution is 6.30. The van der Waals surface area contributed by atoms with Crippen LogP contribution in [0.1, 0.15) is 51.2 Å². The molecule has 0 aliphatic carbocycles. The van der Waals surface area contributed by atoms with Gasteiger partial charge in [-0.3, -0.25) is 9.59 Å². The van der Waals surface area contributed by atoms with Gasteiger partial charge in [0.2, 0.25) is 0 Å². The first-order chi connectivity index (χ1) is 9.88. The summed E-state index contributed by atoms with van der Waals surface area (Å²) in [5, 5.41) is 9.22. The molecule has 0 saturated heterocycles. The fourth-order valence-electron chi connectivity index (χ4n) is 1.88. The van der Waals surface area contributed by atoms with Crippen LogP contribution >= 0.6 is 11.6 Å². The van der Waals surface area contributed by atoms with E-state index < -0.39 is 11.9 Å². The lowest BCUT2D eigenvalue weighted by molar-refractivity contribution is -0.152. The zero-order valence-electron chi connectivity index (χ0n) is 12.3. The molecule has 116 valence electrons. The molecule has 0 bridgehead atoms. The maximum atomic E-state index is 11.7. The lowest BCUT2D eigenvalue weighted by Gasteiger charge is -2.19. The van der Waals surface area contributed by atoms with E-state index in [-0.39, 0.29) is 18.9 Å². The molecule has 1 N–H and O–H groups in total. The molecule has 4 nitrogen and oxygen atoms in total. The van der Waals surface area contributed by atoms with E-state index in [2.05, 4.69) is 13.8 Å². The van der Waals surface area contributed by atoms with Gasteiger partial charge in [-0.05, 0) is 36.5 Å². The lowest BCUT2D eigenvalue weighted by atomic mass is 10.00. The van der Waals surface area contributed by atoms with Crippen molar-refractivity contribution in [3.63, 3.8) is 0 Å². The first kappa shape index (κ1) is 17.5. The van der Waals surface area contributed by atoms with Crippen molar-refractivity contribution in [3.05, 3.63) is 34.9 Å². The molecule has 0 aliphatic rings. The highest BCUT2D eigenvalue weighted by atomic mass is 35.5. The summed E-state index contributed by atoms with van der Waals surface area (Å²) in [5.74, 6) is -0.990. The minimum absolute atomic E-state index is 0.110. The Kier molecular flexibility index (Phi) is 7.23. The van der Waals surface area contributed by atoms with Gasteiger partial charge in [0.1, 0.15) is 6.10 Å². The van der Waals surface area contributed by atoms with E-state index in [1.807, 2.05) is 12.1 Å². The number of halogens is 1. The summed E-state index contributed by atoms with van der Waals surface area (Å²) in [6.07, 6.45) is 0.945. The van der Waals surface area contributed by atoms with Crippen molar-refractivity contribution >= 4 is 23.5 Å². The molecule has 21 heavy (non-hydrogen) atoms. The Morgan fingerprint density at radius 2 is 1.76 bits per heavy atom. The van der Waals surface area contributed by atoms with E-state index in [0.29, 0.717) is 17.4 Å². The van der Waals surface area contributed by atoms with Crippen molar-refractivity contribution in [2.75, 3.05) is 0 Å². The predicted molar refractivity (Wildman–Crippen MR) is 81.2 cm³/mol. The van der Waals surface area contributed by atoms with E-state index in [1.54, 1.807) is 12.1 Å². The average Bonchev–Trinajstić information content (AvgIpc) is 2.42. The normalized spacial score (nSPS) is 12.2. The van der Waals surface area contributed by atoms with Gasteiger partial charge in [-0.1, -0.05) is 37.6 Å². The van der Waals surface area contributed by atoms with Crippen molar-refractivity contribution in [1.82, 2.24) is 0 Å². The highest BCUT2D eigenvalue weighted by Crippen LogP contribution is 2.26. The van der Waals surface area contributed by atoms with Crippen molar-refractivity contribution in [3.8, 4) is 0 Å². The third-order valence-corrected chi connectivity index (χ3v) is 3.32. The molecule has 1 unspecified atom stereocenters. The van der Waals surface area contributed by atoms with Crippen LogP contribution in [0.25, 0.3) is 0 Å². The quantitative estimate of drug-likeness (QED) is 0.730. The van der Waals surface area contributed by atoms with Crippen molar-refractivity contribution in [2.24, 2.45) is 5.92 Å².